The average molecular weight is 627 g/mol. The molecule has 0 N–H and O–H groups in total. The molecule has 0 aromatic rings. The van der Waals surface area contributed by atoms with Gasteiger partial charge in [0.2, 0.25) is 0 Å². The molecule has 0 aliphatic heterocycles. The van der Waals surface area contributed by atoms with E-state index in [1.807, 2.05) is 0 Å². The number of alkyl halides is 4. The zero-order chi connectivity index (χ0) is 4.50. The van der Waals surface area contributed by atoms with Gasteiger partial charge >= 0.3 is 0 Å². The smallest absolute Gasteiger partial charge is 0.0434 e. The maximum Gasteiger partial charge on any atom is 0.174 e. The van der Waals surface area contributed by atoms with Gasteiger partial charge in [-0.05, 0) is 90.4 Å². The molecule has 0 saturated heterocycles. The molecule has 0 atom stereocenters. The summed E-state index contributed by atoms with van der Waals surface area (Å²) in [6.07, 6.45) is 0. The third kappa shape index (κ3) is 25.4. The maximum atomic E-state index is 2.34. The van der Waals surface area contributed by atoms with Gasteiger partial charge in [0.05, 0.1) is 0 Å². The molecule has 0 aromatic heterocycles. The molecule has 0 rings (SSSR count). The van der Waals surface area contributed by atoms with Crippen molar-refractivity contribution in [1.82, 2.24) is 0 Å². The molecule has 5 heteroatoms. The topological polar surface area (TPSA) is 0 Å². The molecule has 0 unspecified atom stereocenters. The number of hydrogen-bond acceptors (Lipinski definition) is 0. The van der Waals surface area contributed by atoms with Gasteiger partial charge in [-0.1, -0.05) is 0 Å². The summed E-state index contributed by atoms with van der Waals surface area (Å²) in [4.78, 5) is 0. The van der Waals surface area contributed by atoms with Crippen LogP contribution >= 0.6 is 90.4 Å². The average Bonchev–Trinajstić information content (AvgIpc) is 0.722. The molecule has 0 aliphatic rings. The van der Waals surface area contributed by atoms with Crippen molar-refractivity contribution < 1.29 is 22.4 Å². The van der Waals surface area contributed by atoms with Gasteiger partial charge in [0, 0.05) is 22.4 Å². The van der Waals surface area contributed by atoms with Crippen molar-refractivity contribution in [3.63, 3.8) is 0 Å². The summed E-state index contributed by atoms with van der Waals surface area (Å²) >= 11 is 9.35. The second kappa shape index (κ2) is 5.45. The van der Waals surface area contributed by atoms with Crippen molar-refractivity contribution >= 4 is 90.4 Å². The Bertz CT molecular complexity index is 23.0. The molecule has 0 nitrogen and oxygen atoms in total. The van der Waals surface area contributed by atoms with E-state index in [0.717, 1.165) is 0 Å². The van der Waals surface area contributed by atoms with E-state index in [9.17, 15) is 0 Å². The molecule has 6 heavy (non-hydrogen) atoms. The van der Waals surface area contributed by atoms with Crippen molar-refractivity contribution in [2.24, 2.45) is 0 Å². The summed E-state index contributed by atoms with van der Waals surface area (Å²) in [6.45, 7) is 0. The van der Waals surface area contributed by atoms with Gasteiger partial charge in [0.25, 0.3) is 0 Å². The van der Waals surface area contributed by atoms with E-state index in [1.54, 1.807) is 0 Å². The summed E-state index contributed by atoms with van der Waals surface area (Å²) in [5.41, 5.74) is 0. The van der Waals surface area contributed by atoms with Crippen LogP contribution in [-0.4, -0.2) is -2.56 Å². The van der Waals surface area contributed by atoms with Crippen LogP contribution in [-0.2, 0) is 22.4 Å². The summed E-state index contributed by atoms with van der Waals surface area (Å²) in [5.74, 6) is 0. The second-order valence-corrected chi connectivity index (χ2v) is 19.3. The molecule has 0 fully saturated rings. The Morgan fingerprint density at radius 2 is 0.833 bits per heavy atom. The van der Waals surface area contributed by atoms with Gasteiger partial charge in [-0.2, -0.15) is 0 Å². The van der Waals surface area contributed by atoms with E-state index in [-0.39, 0.29) is 22.4 Å². The molecule has 0 aromatic carbocycles. The van der Waals surface area contributed by atoms with E-state index in [4.69, 9.17) is 0 Å². The first-order chi connectivity index (χ1) is 2.00. The van der Waals surface area contributed by atoms with Crippen LogP contribution in [0, 0.1) is 0 Å². The SMILES string of the molecule is IC(I)(I)I.[Ag]. The minimum atomic E-state index is 0. The van der Waals surface area contributed by atoms with Crippen LogP contribution in [0.1, 0.15) is 0 Å². The molecular formula is CAgI4. The fraction of sp³-hybridized carbons (Fsp3) is 1.00. The molecular weight excluding hydrogens is 627 g/mol. The van der Waals surface area contributed by atoms with Gasteiger partial charge in [0.15, 0.2) is -2.56 Å². The second-order valence-electron chi connectivity index (χ2n) is 0.429. The maximum absolute atomic E-state index is 2.34. The Morgan fingerprint density at radius 1 is 0.833 bits per heavy atom. The Hall–Kier alpha value is 3.66. The fourth-order valence-corrected chi connectivity index (χ4v) is 0. The first-order valence-corrected chi connectivity index (χ1v) is 5.07. The Labute approximate surface area is 107 Å². The number of rotatable bonds is 0. The van der Waals surface area contributed by atoms with E-state index >= 15 is 0 Å². The Kier molecular flexibility index (Phi) is 11.2. The summed E-state index contributed by atoms with van der Waals surface area (Å²) in [5, 5.41) is 0. The van der Waals surface area contributed by atoms with Gasteiger partial charge < -0.3 is 0 Å². The largest absolute Gasteiger partial charge is 0.174 e. The van der Waals surface area contributed by atoms with Crippen LogP contribution in [0.3, 0.4) is 0 Å². The first-order valence-electron chi connectivity index (χ1n) is 0.756. The molecule has 43 valence electrons. The molecule has 0 amide bonds. The van der Waals surface area contributed by atoms with E-state index in [0.29, 0.717) is -2.56 Å². The first kappa shape index (κ1) is 12.3. The fourth-order valence-electron chi connectivity index (χ4n) is 0. The Morgan fingerprint density at radius 3 is 0.833 bits per heavy atom. The molecule has 0 heterocycles. The van der Waals surface area contributed by atoms with Crippen molar-refractivity contribution in [3.05, 3.63) is 0 Å². The molecule has 0 aliphatic carbocycles. The minimum Gasteiger partial charge on any atom is -0.0434 e. The van der Waals surface area contributed by atoms with E-state index < -0.39 is 0 Å². The molecule has 0 saturated carbocycles. The van der Waals surface area contributed by atoms with Crippen LogP contribution in [0.15, 0.2) is 0 Å². The van der Waals surface area contributed by atoms with Gasteiger partial charge in [-0.3, -0.25) is 0 Å². The van der Waals surface area contributed by atoms with E-state index in [2.05, 4.69) is 90.4 Å². The normalized spacial score (nSPS) is 10.0. The van der Waals surface area contributed by atoms with Crippen LogP contribution < -0.4 is 0 Å². The summed E-state index contributed by atoms with van der Waals surface area (Å²) in [7, 11) is 0. The van der Waals surface area contributed by atoms with Gasteiger partial charge in [-0.25, -0.2) is 0 Å². The Balaban J connectivity index is 0. The predicted molar refractivity (Wildman–Crippen MR) is 58.8 cm³/mol. The van der Waals surface area contributed by atoms with Crippen molar-refractivity contribution in [2.45, 2.75) is -2.56 Å². The molecule has 0 bridgehead atoms. The van der Waals surface area contributed by atoms with Crippen molar-refractivity contribution in [1.29, 1.82) is 0 Å². The van der Waals surface area contributed by atoms with Crippen LogP contribution in [0.5, 0.6) is 0 Å². The van der Waals surface area contributed by atoms with Crippen LogP contribution in [0.25, 0.3) is 0 Å². The third-order valence-corrected chi connectivity index (χ3v) is 0. The van der Waals surface area contributed by atoms with Crippen molar-refractivity contribution in [3.8, 4) is 0 Å². The number of halogens is 4. The molecule has 0 spiro atoms. The monoisotopic (exact) mass is 627 g/mol. The van der Waals surface area contributed by atoms with Crippen molar-refractivity contribution in [2.75, 3.05) is 0 Å². The van der Waals surface area contributed by atoms with Gasteiger partial charge in [-0.15, -0.1) is 0 Å². The van der Waals surface area contributed by atoms with E-state index in [1.165, 1.54) is 0 Å². The minimum absolute atomic E-state index is 0. The zero-order valence-electron chi connectivity index (χ0n) is 2.31. The third-order valence-electron chi connectivity index (χ3n) is 0. The standard InChI is InChI=1S/CI4.Ag/c2-1(3,4)5;. The van der Waals surface area contributed by atoms with Gasteiger partial charge in [0.1, 0.15) is 0 Å². The van der Waals surface area contributed by atoms with Crippen LogP contribution in [0.2, 0.25) is 0 Å². The zero-order valence-corrected chi connectivity index (χ0v) is 12.4. The van der Waals surface area contributed by atoms with Crippen LogP contribution in [0.4, 0.5) is 0 Å². The summed E-state index contributed by atoms with van der Waals surface area (Å²) in [6, 6.07) is 0. The quantitative estimate of drug-likeness (QED) is 0.220. The number of hydrogen-bond donors (Lipinski definition) is 0. The summed E-state index contributed by atoms with van der Waals surface area (Å²) < 4.78 is 0.380. The predicted octanol–water partition coefficient (Wildman–Crippen LogP) is 3.34. The molecule has 1 radical (unpaired) electrons.